The number of hydrogen-bond acceptors (Lipinski definition) is 4. The molecule has 0 saturated carbocycles. The van der Waals surface area contributed by atoms with Crippen LogP contribution in [0.3, 0.4) is 0 Å². The monoisotopic (exact) mass is 182 g/mol. The summed E-state index contributed by atoms with van der Waals surface area (Å²) < 4.78 is 0. The van der Waals surface area contributed by atoms with Gasteiger partial charge in [-0.1, -0.05) is 6.07 Å². The van der Waals surface area contributed by atoms with Crippen molar-refractivity contribution < 1.29 is 9.76 Å². The standard InChI is InChI=1S/C8H10N2O3/c1-6-2-7(5-13-9)4-8(3-6)10(11)12/h2-4H,5,9H2,1H3. The lowest BCUT2D eigenvalue weighted by atomic mass is 10.1. The highest BCUT2D eigenvalue weighted by molar-refractivity contribution is 5.38. The molecular formula is C8H10N2O3. The molecule has 0 aliphatic rings. The Morgan fingerprint density at radius 3 is 2.77 bits per heavy atom. The molecule has 13 heavy (non-hydrogen) atoms. The zero-order valence-electron chi connectivity index (χ0n) is 7.19. The third-order valence-electron chi connectivity index (χ3n) is 1.58. The highest BCUT2D eigenvalue weighted by atomic mass is 16.6. The molecule has 0 spiro atoms. The number of hydrogen-bond donors (Lipinski definition) is 1. The summed E-state index contributed by atoms with van der Waals surface area (Å²) in [6.45, 7) is 1.97. The first-order chi connectivity index (χ1) is 6.13. The van der Waals surface area contributed by atoms with Gasteiger partial charge in [0.1, 0.15) is 0 Å². The molecule has 1 rings (SSSR count). The van der Waals surface area contributed by atoms with Crippen molar-refractivity contribution in [2.24, 2.45) is 5.90 Å². The molecule has 0 aliphatic heterocycles. The molecule has 0 bridgehead atoms. The number of nitrogens with two attached hydrogens (primary N) is 1. The summed E-state index contributed by atoms with van der Waals surface area (Å²) in [7, 11) is 0. The van der Waals surface area contributed by atoms with Crippen molar-refractivity contribution in [3.8, 4) is 0 Å². The van der Waals surface area contributed by atoms with Crippen molar-refractivity contribution >= 4 is 5.69 Å². The maximum Gasteiger partial charge on any atom is 0.270 e. The number of non-ortho nitro benzene ring substituents is 1. The molecule has 0 saturated heterocycles. The number of nitro benzene ring substituents is 1. The number of aryl methyl sites for hydroxylation is 1. The SMILES string of the molecule is Cc1cc(CON)cc([N+](=O)[O-])c1. The van der Waals surface area contributed by atoms with Crippen molar-refractivity contribution in [2.75, 3.05) is 0 Å². The second-order valence-electron chi connectivity index (χ2n) is 2.74. The molecule has 1 aromatic rings. The van der Waals surface area contributed by atoms with E-state index in [1.54, 1.807) is 13.0 Å². The summed E-state index contributed by atoms with van der Waals surface area (Å²) in [6.07, 6.45) is 0. The number of nitrogens with zero attached hydrogens (tertiary/aromatic N) is 1. The maximum absolute atomic E-state index is 10.4. The minimum Gasteiger partial charge on any atom is -0.300 e. The van der Waals surface area contributed by atoms with Crippen LogP contribution in [0.5, 0.6) is 0 Å². The van der Waals surface area contributed by atoms with Gasteiger partial charge in [-0.15, -0.1) is 0 Å². The van der Waals surface area contributed by atoms with Gasteiger partial charge in [-0.25, -0.2) is 5.90 Å². The molecule has 5 nitrogen and oxygen atoms in total. The predicted octanol–water partition coefficient (Wildman–Crippen LogP) is 1.29. The van der Waals surface area contributed by atoms with Crippen LogP contribution in [0.4, 0.5) is 5.69 Å². The lowest BCUT2D eigenvalue weighted by Crippen LogP contribution is -2.00. The van der Waals surface area contributed by atoms with Crippen molar-refractivity contribution in [2.45, 2.75) is 13.5 Å². The normalized spacial score (nSPS) is 10.0. The van der Waals surface area contributed by atoms with E-state index in [1.807, 2.05) is 0 Å². The van der Waals surface area contributed by atoms with Crippen molar-refractivity contribution in [1.82, 2.24) is 0 Å². The van der Waals surface area contributed by atoms with Gasteiger partial charge in [0, 0.05) is 12.1 Å². The highest BCUT2D eigenvalue weighted by Gasteiger charge is 2.07. The van der Waals surface area contributed by atoms with Crippen molar-refractivity contribution in [3.63, 3.8) is 0 Å². The second kappa shape index (κ2) is 3.97. The lowest BCUT2D eigenvalue weighted by molar-refractivity contribution is -0.385. The van der Waals surface area contributed by atoms with Crippen molar-refractivity contribution in [3.05, 3.63) is 39.4 Å². The first kappa shape index (κ1) is 9.63. The summed E-state index contributed by atoms with van der Waals surface area (Å²) in [5, 5.41) is 10.4. The largest absolute Gasteiger partial charge is 0.300 e. The van der Waals surface area contributed by atoms with Crippen LogP contribution < -0.4 is 5.90 Å². The Morgan fingerprint density at radius 2 is 2.23 bits per heavy atom. The van der Waals surface area contributed by atoms with Gasteiger partial charge in [0.15, 0.2) is 0 Å². The fraction of sp³-hybridized carbons (Fsp3) is 0.250. The molecule has 1 aromatic carbocycles. The first-order valence-electron chi connectivity index (χ1n) is 3.70. The Kier molecular flexibility index (Phi) is 2.94. The van der Waals surface area contributed by atoms with Gasteiger partial charge in [0.2, 0.25) is 0 Å². The molecule has 0 aromatic heterocycles. The Bertz CT molecular complexity index is 325. The quantitative estimate of drug-likeness (QED) is 0.564. The summed E-state index contributed by atoms with van der Waals surface area (Å²) >= 11 is 0. The minimum atomic E-state index is -0.437. The predicted molar refractivity (Wildman–Crippen MR) is 46.8 cm³/mol. The van der Waals surface area contributed by atoms with E-state index in [9.17, 15) is 10.1 Å². The third-order valence-corrected chi connectivity index (χ3v) is 1.58. The molecule has 0 radical (unpaired) electrons. The van der Waals surface area contributed by atoms with E-state index in [2.05, 4.69) is 4.84 Å². The van der Waals surface area contributed by atoms with Gasteiger partial charge < -0.3 is 0 Å². The van der Waals surface area contributed by atoms with Crippen LogP contribution in [-0.2, 0) is 11.4 Å². The molecule has 0 heterocycles. The number of rotatable bonds is 3. The van der Waals surface area contributed by atoms with Crippen LogP contribution >= 0.6 is 0 Å². The molecule has 0 fully saturated rings. The Morgan fingerprint density at radius 1 is 1.54 bits per heavy atom. The smallest absolute Gasteiger partial charge is 0.270 e. The van der Waals surface area contributed by atoms with Gasteiger partial charge in [0.25, 0.3) is 5.69 Å². The molecule has 0 aliphatic carbocycles. The second-order valence-corrected chi connectivity index (χ2v) is 2.74. The first-order valence-corrected chi connectivity index (χ1v) is 3.70. The molecule has 2 N–H and O–H groups in total. The summed E-state index contributed by atoms with van der Waals surface area (Å²) in [6, 6.07) is 4.74. The Balaban J connectivity index is 3.03. The third kappa shape index (κ3) is 2.50. The average molecular weight is 182 g/mol. The summed E-state index contributed by atoms with van der Waals surface area (Å²) in [5.41, 5.74) is 1.59. The number of benzene rings is 1. The van der Waals surface area contributed by atoms with E-state index in [1.165, 1.54) is 12.1 Å². The van der Waals surface area contributed by atoms with Gasteiger partial charge in [-0.2, -0.15) is 0 Å². The van der Waals surface area contributed by atoms with E-state index in [0.29, 0.717) is 5.56 Å². The van der Waals surface area contributed by atoms with E-state index >= 15 is 0 Å². The molecule has 0 unspecified atom stereocenters. The number of nitro groups is 1. The van der Waals surface area contributed by atoms with E-state index in [4.69, 9.17) is 5.90 Å². The molecule has 70 valence electrons. The average Bonchev–Trinajstić information content (AvgIpc) is 2.03. The van der Waals surface area contributed by atoms with Crippen molar-refractivity contribution in [1.29, 1.82) is 0 Å². The fourth-order valence-electron chi connectivity index (χ4n) is 1.13. The summed E-state index contributed by atoms with van der Waals surface area (Å²) in [4.78, 5) is 14.4. The van der Waals surface area contributed by atoms with Crippen LogP contribution in [0.2, 0.25) is 0 Å². The van der Waals surface area contributed by atoms with Gasteiger partial charge in [-0.05, 0) is 18.1 Å². The zero-order chi connectivity index (χ0) is 9.84. The fourth-order valence-corrected chi connectivity index (χ4v) is 1.13. The zero-order valence-corrected chi connectivity index (χ0v) is 7.19. The van der Waals surface area contributed by atoms with Gasteiger partial charge >= 0.3 is 0 Å². The molecule has 0 amide bonds. The van der Waals surface area contributed by atoms with Crippen LogP contribution in [0, 0.1) is 17.0 Å². The Labute approximate surface area is 75.2 Å². The van der Waals surface area contributed by atoms with Crippen LogP contribution in [0.1, 0.15) is 11.1 Å². The van der Waals surface area contributed by atoms with E-state index < -0.39 is 4.92 Å². The van der Waals surface area contributed by atoms with Crippen LogP contribution in [-0.4, -0.2) is 4.92 Å². The maximum atomic E-state index is 10.4. The minimum absolute atomic E-state index is 0.0621. The van der Waals surface area contributed by atoms with Gasteiger partial charge in [-0.3, -0.25) is 15.0 Å². The van der Waals surface area contributed by atoms with E-state index in [0.717, 1.165) is 5.56 Å². The highest BCUT2D eigenvalue weighted by Crippen LogP contribution is 2.16. The van der Waals surface area contributed by atoms with Crippen LogP contribution in [0.15, 0.2) is 18.2 Å². The lowest BCUT2D eigenvalue weighted by Gasteiger charge is -2.00. The van der Waals surface area contributed by atoms with Crippen LogP contribution in [0.25, 0.3) is 0 Å². The topological polar surface area (TPSA) is 78.4 Å². The van der Waals surface area contributed by atoms with E-state index in [-0.39, 0.29) is 12.3 Å². The van der Waals surface area contributed by atoms with Gasteiger partial charge in [0.05, 0.1) is 11.5 Å². The summed E-state index contributed by atoms with van der Waals surface area (Å²) in [5.74, 6) is 4.87. The molecular weight excluding hydrogens is 172 g/mol. The molecule has 5 heteroatoms. The molecule has 0 atom stereocenters. The Hall–Kier alpha value is -1.46.